The highest BCUT2D eigenvalue weighted by atomic mass is 79.9. The Morgan fingerprint density at radius 1 is 1.39 bits per heavy atom. The van der Waals surface area contributed by atoms with Gasteiger partial charge in [0, 0.05) is 15.7 Å². The summed E-state index contributed by atoms with van der Waals surface area (Å²) in [5, 5.41) is 7.32. The van der Waals surface area contributed by atoms with Gasteiger partial charge in [0.25, 0.3) is 0 Å². The molecule has 23 heavy (non-hydrogen) atoms. The lowest BCUT2D eigenvalue weighted by Crippen LogP contribution is -2.29. The third-order valence-corrected chi connectivity index (χ3v) is 4.18. The summed E-state index contributed by atoms with van der Waals surface area (Å²) < 4.78 is 12.9. The maximum atomic E-state index is 12.3. The molecule has 0 saturated heterocycles. The molecule has 0 bridgehead atoms. The van der Waals surface area contributed by atoms with Gasteiger partial charge in [0.1, 0.15) is 18.1 Å². The second-order valence-corrected chi connectivity index (χ2v) is 5.89. The molecule has 120 valence electrons. The van der Waals surface area contributed by atoms with E-state index in [0.29, 0.717) is 23.0 Å². The molecule has 8 heteroatoms. The number of aromatic nitrogens is 3. The third-order valence-electron chi connectivity index (χ3n) is 3.69. The van der Waals surface area contributed by atoms with Gasteiger partial charge >= 0.3 is 5.97 Å². The molecule has 1 aromatic carbocycles. The fourth-order valence-electron chi connectivity index (χ4n) is 2.67. The number of hydrogen-bond donors (Lipinski definition) is 1. The second kappa shape index (κ2) is 6.04. The molecule has 0 fully saturated rings. The molecule has 7 nitrogen and oxygen atoms in total. The smallest absolute Gasteiger partial charge is 0.338 e. The average Bonchev–Trinajstić information content (AvgIpc) is 3.00. The summed E-state index contributed by atoms with van der Waals surface area (Å²) >= 11 is 3.46. The number of fused-ring (bicyclic) bond motifs is 1. The van der Waals surface area contributed by atoms with E-state index in [4.69, 9.17) is 9.47 Å². The van der Waals surface area contributed by atoms with Crippen molar-refractivity contribution < 1.29 is 14.3 Å². The first-order valence-electron chi connectivity index (χ1n) is 6.86. The average molecular weight is 379 g/mol. The molecular weight excluding hydrogens is 364 g/mol. The minimum Gasteiger partial charge on any atom is -0.496 e. The van der Waals surface area contributed by atoms with Gasteiger partial charge in [-0.15, -0.1) is 0 Å². The van der Waals surface area contributed by atoms with Crippen molar-refractivity contribution in [3.63, 3.8) is 0 Å². The molecule has 1 aromatic heterocycles. The van der Waals surface area contributed by atoms with Crippen LogP contribution in [-0.4, -0.2) is 35.0 Å². The SMILES string of the molecule is COC(=O)C1=C(C)Nc2ncnn2C1c1cc(Br)ccc1OC. The Kier molecular flexibility index (Phi) is 4.08. The van der Waals surface area contributed by atoms with Gasteiger partial charge in [0.15, 0.2) is 0 Å². The third kappa shape index (κ3) is 2.59. The van der Waals surface area contributed by atoms with Gasteiger partial charge in [-0.05, 0) is 25.1 Å². The van der Waals surface area contributed by atoms with Gasteiger partial charge in [-0.1, -0.05) is 15.9 Å². The van der Waals surface area contributed by atoms with Crippen molar-refractivity contribution >= 4 is 27.8 Å². The van der Waals surface area contributed by atoms with Crippen molar-refractivity contribution in [1.29, 1.82) is 0 Å². The minimum atomic E-state index is -0.492. The summed E-state index contributed by atoms with van der Waals surface area (Å²) in [4.78, 5) is 16.5. The molecule has 0 amide bonds. The first-order valence-corrected chi connectivity index (χ1v) is 7.65. The topological polar surface area (TPSA) is 78.3 Å². The van der Waals surface area contributed by atoms with E-state index in [1.165, 1.54) is 13.4 Å². The van der Waals surface area contributed by atoms with Crippen LogP contribution >= 0.6 is 15.9 Å². The van der Waals surface area contributed by atoms with Gasteiger partial charge in [-0.2, -0.15) is 10.1 Å². The molecule has 1 unspecified atom stereocenters. The van der Waals surface area contributed by atoms with Crippen molar-refractivity contribution in [3.05, 3.63) is 45.8 Å². The molecular formula is C15H15BrN4O3. The van der Waals surface area contributed by atoms with Crippen LogP contribution < -0.4 is 10.1 Å². The number of carbonyl (C=O) groups is 1. The van der Waals surface area contributed by atoms with E-state index in [9.17, 15) is 4.79 Å². The maximum absolute atomic E-state index is 12.3. The number of ether oxygens (including phenoxy) is 2. The number of benzene rings is 1. The van der Waals surface area contributed by atoms with Crippen LogP contribution in [0.15, 0.2) is 40.3 Å². The molecule has 1 aliphatic rings. The Balaban J connectivity index is 2.26. The van der Waals surface area contributed by atoms with Crippen LogP contribution in [0.4, 0.5) is 5.95 Å². The fourth-order valence-corrected chi connectivity index (χ4v) is 3.05. The predicted molar refractivity (Wildman–Crippen MR) is 87.2 cm³/mol. The highest BCUT2D eigenvalue weighted by Crippen LogP contribution is 2.40. The molecule has 2 aromatic rings. The van der Waals surface area contributed by atoms with Gasteiger partial charge < -0.3 is 14.8 Å². The molecule has 1 atom stereocenters. The number of halogens is 1. The van der Waals surface area contributed by atoms with E-state index in [0.717, 1.165) is 10.0 Å². The first-order chi connectivity index (χ1) is 11.1. The van der Waals surface area contributed by atoms with E-state index < -0.39 is 12.0 Å². The predicted octanol–water partition coefficient (Wildman–Crippen LogP) is 2.51. The van der Waals surface area contributed by atoms with Gasteiger partial charge in [-0.25, -0.2) is 9.48 Å². The molecule has 0 radical (unpaired) electrons. The van der Waals surface area contributed by atoms with E-state index in [-0.39, 0.29) is 0 Å². The van der Waals surface area contributed by atoms with Crippen molar-refractivity contribution in [2.45, 2.75) is 13.0 Å². The number of nitrogens with zero attached hydrogens (tertiary/aromatic N) is 3. The zero-order valence-electron chi connectivity index (χ0n) is 12.8. The molecule has 0 saturated carbocycles. The second-order valence-electron chi connectivity index (χ2n) is 4.97. The monoisotopic (exact) mass is 378 g/mol. The number of nitrogens with one attached hydrogen (secondary N) is 1. The first kappa shape index (κ1) is 15.5. The Morgan fingerprint density at radius 3 is 2.87 bits per heavy atom. The number of carbonyl (C=O) groups excluding carboxylic acids is 1. The number of methoxy groups -OCH3 is 2. The quantitative estimate of drug-likeness (QED) is 0.826. The Morgan fingerprint density at radius 2 is 2.17 bits per heavy atom. The van der Waals surface area contributed by atoms with Crippen LogP contribution in [0.3, 0.4) is 0 Å². The van der Waals surface area contributed by atoms with Crippen molar-refractivity contribution in [2.75, 3.05) is 19.5 Å². The van der Waals surface area contributed by atoms with Crippen LogP contribution in [0.5, 0.6) is 5.75 Å². The lowest BCUT2D eigenvalue weighted by atomic mass is 9.95. The molecule has 1 aliphatic heterocycles. The van der Waals surface area contributed by atoms with Crippen molar-refractivity contribution in [2.24, 2.45) is 0 Å². The molecule has 0 spiro atoms. The summed E-state index contributed by atoms with van der Waals surface area (Å²) in [6.45, 7) is 1.81. The number of hydrogen-bond acceptors (Lipinski definition) is 6. The van der Waals surface area contributed by atoms with Crippen LogP contribution in [-0.2, 0) is 9.53 Å². The molecule has 2 heterocycles. The fraction of sp³-hybridized carbons (Fsp3) is 0.267. The number of allylic oxidation sites excluding steroid dienone is 1. The van der Waals surface area contributed by atoms with E-state index in [1.807, 2.05) is 25.1 Å². The zero-order chi connectivity index (χ0) is 16.6. The molecule has 0 aliphatic carbocycles. The summed E-state index contributed by atoms with van der Waals surface area (Å²) in [5.41, 5.74) is 1.92. The van der Waals surface area contributed by atoms with Gasteiger partial charge in [0.2, 0.25) is 5.95 Å². The normalized spacial score (nSPS) is 16.6. The Hall–Kier alpha value is -2.35. The summed E-state index contributed by atoms with van der Waals surface area (Å²) in [7, 11) is 2.94. The van der Waals surface area contributed by atoms with Crippen LogP contribution in [0, 0.1) is 0 Å². The standard InChI is InChI=1S/C15H15BrN4O3/c1-8-12(14(21)23-3)13(20-15(19-8)17-7-18-20)10-6-9(16)4-5-11(10)22-2/h4-7,13H,1-3H3,(H,17,18,19). The van der Waals surface area contributed by atoms with Crippen LogP contribution in [0.2, 0.25) is 0 Å². The molecule has 3 rings (SSSR count). The lowest BCUT2D eigenvalue weighted by molar-refractivity contribution is -0.136. The summed E-state index contributed by atoms with van der Waals surface area (Å²) in [6, 6.07) is 5.12. The Bertz CT molecular complexity index is 800. The highest BCUT2D eigenvalue weighted by Gasteiger charge is 2.35. The van der Waals surface area contributed by atoms with Crippen LogP contribution in [0.1, 0.15) is 18.5 Å². The minimum absolute atomic E-state index is 0.428. The highest BCUT2D eigenvalue weighted by molar-refractivity contribution is 9.10. The van der Waals surface area contributed by atoms with Gasteiger partial charge in [-0.3, -0.25) is 0 Å². The summed E-state index contributed by atoms with van der Waals surface area (Å²) in [6.07, 6.45) is 1.44. The van der Waals surface area contributed by atoms with Crippen LogP contribution in [0.25, 0.3) is 0 Å². The zero-order valence-corrected chi connectivity index (χ0v) is 14.4. The number of rotatable bonds is 3. The Labute approximate surface area is 141 Å². The van der Waals surface area contributed by atoms with E-state index in [2.05, 4.69) is 31.3 Å². The van der Waals surface area contributed by atoms with E-state index in [1.54, 1.807) is 11.8 Å². The number of anilines is 1. The lowest BCUT2D eigenvalue weighted by Gasteiger charge is -2.28. The van der Waals surface area contributed by atoms with Crippen molar-refractivity contribution in [3.8, 4) is 5.75 Å². The maximum Gasteiger partial charge on any atom is 0.338 e. The van der Waals surface area contributed by atoms with Crippen molar-refractivity contribution in [1.82, 2.24) is 14.8 Å². The summed E-state index contributed by atoms with van der Waals surface area (Å²) in [5.74, 6) is 0.779. The molecule has 1 N–H and O–H groups in total. The van der Waals surface area contributed by atoms with E-state index >= 15 is 0 Å². The van der Waals surface area contributed by atoms with Gasteiger partial charge in [0.05, 0.1) is 19.8 Å². The number of esters is 1. The largest absolute Gasteiger partial charge is 0.496 e.